The van der Waals surface area contributed by atoms with E-state index >= 15 is 0 Å². The molecule has 0 spiro atoms. The SMILES string of the molecule is O=C([O-])c1cc(/C=C/c2ccc(/C=C/c3ccc(O)c(C(=O)[O-])c3)cc2)ccc1O.[Na+].[Na+]. The van der Waals surface area contributed by atoms with E-state index in [-0.39, 0.29) is 81.7 Å². The van der Waals surface area contributed by atoms with Crippen molar-refractivity contribution in [3.8, 4) is 11.5 Å². The summed E-state index contributed by atoms with van der Waals surface area (Å²) < 4.78 is 0. The van der Waals surface area contributed by atoms with E-state index in [1.54, 1.807) is 36.4 Å². The molecule has 2 N–H and O–H groups in total. The molecule has 0 radical (unpaired) electrons. The third-order valence-corrected chi connectivity index (χ3v) is 4.35. The molecule has 32 heavy (non-hydrogen) atoms. The fourth-order valence-corrected chi connectivity index (χ4v) is 2.74. The van der Waals surface area contributed by atoms with Crippen LogP contribution in [0.2, 0.25) is 0 Å². The van der Waals surface area contributed by atoms with Crippen molar-refractivity contribution in [3.05, 3.63) is 94.0 Å². The van der Waals surface area contributed by atoms with Crippen LogP contribution in [0.3, 0.4) is 0 Å². The van der Waals surface area contributed by atoms with Crippen LogP contribution in [0, 0.1) is 0 Å². The number of carboxylic acids is 2. The maximum atomic E-state index is 11.0. The summed E-state index contributed by atoms with van der Waals surface area (Å²) in [7, 11) is 0. The van der Waals surface area contributed by atoms with Gasteiger partial charge in [-0.05, 0) is 46.5 Å². The third kappa shape index (κ3) is 7.38. The van der Waals surface area contributed by atoms with E-state index < -0.39 is 11.9 Å². The van der Waals surface area contributed by atoms with E-state index in [9.17, 15) is 30.0 Å². The zero-order valence-electron chi connectivity index (χ0n) is 17.6. The van der Waals surface area contributed by atoms with Crippen LogP contribution in [0.25, 0.3) is 24.3 Å². The average Bonchev–Trinajstić information content (AvgIpc) is 2.73. The number of aromatic hydroxyl groups is 2. The molecule has 0 fully saturated rings. The van der Waals surface area contributed by atoms with Crippen molar-refractivity contribution in [2.75, 3.05) is 0 Å². The number of rotatable bonds is 6. The van der Waals surface area contributed by atoms with Crippen LogP contribution in [0.5, 0.6) is 11.5 Å². The first-order valence-corrected chi connectivity index (χ1v) is 8.88. The number of hydrogen-bond acceptors (Lipinski definition) is 6. The quantitative estimate of drug-likeness (QED) is 0.296. The summed E-state index contributed by atoms with van der Waals surface area (Å²) in [4.78, 5) is 21.9. The molecule has 0 aliphatic heterocycles. The van der Waals surface area contributed by atoms with Crippen LogP contribution in [0.4, 0.5) is 0 Å². The molecule has 150 valence electrons. The summed E-state index contributed by atoms with van der Waals surface area (Å²) in [6.07, 6.45) is 7.03. The topological polar surface area (TPSA) is 121 Å². The minimum absolute atomic E-state index is 0. The summed E-state index contributed by atoms with van der Waals surface area (Å²) in [5, 5.41) is 41.0. The Hall–Kier alpha value is -2.32. The minimum atomic E-state index is -1.45. The van der Waals surface area contributed by atoms with Gasteiger partial charge in [-0.1, -0.05) is 60.7 Å². The number of hydrogen-bond donors (Lipinski definition) is 2. The largest absolute Gasteiger partial charge is 1.00 e. The standard InChI is InChI=1S/C24H18O6.2Na/c25-21-11-9-17(13-19(21)23(27)28)7-5-15-1-2-16(4-3-15)6-8-18-10-12-22(26)20(14-18)24(29)30;;/h1-14,25-26H,(H,27,28)(H,29,30);;/q;2*+1/p-2/b7-5+,8-6+;;. The second kappa shape index (κ2) is 12.6. The van der Waals surface area contributed by atoms with Gasteiger partial charge in [-0.3, -0.25) is 0 Å². The monoisotopic (exact) mass is 446 g/mol. The fourth-order valence-electron chi connectivity index (χ4n) is 2.74. The molecule has 0 atom stereocenters. The van der Waals surface area contributed by atoms with Crippen molar-refractivity contribution in [2.24, 2.45) is 0 Å². The van der Waals surface area contributed by atoms with E-state index in [0.717, 1.165) is 11.1 Å². The van der Waals surface area contributed by atoms with E-state index in [1.807, 2.05) is 24.3 Å². The molecular formula is C24H16Na2O6. The molecule has 0 aliphatic carbocycles. The van der Waals surface area contributed by atoms with Crippen LogP contribution in [0.1, 0.15) is 43.0 Å². The summed E-state index contributed by atoms with van der Waals surface area (Å²) in [5.41, 5.74) is 2.42. The smallest absolute Gasteiger partial charge is 0.545 e. The maximum Gasteiger partial charge on any atom is 1.00 e. The fraction of sp³-hybridized carbons (Fsp3) is 0. The van der Waals surface area contributed by atoms with Crippen LogP contribution in [-0.4, -0.2) is 22.2 Å². The average molecular weight is 446 g/mol. The van der Waals surface area contributed by atoms with Gasteiger partial charge in [0.2, 0.25) is 0 Å². The zero-order chi connectivity index (χ0) is 21.7. The summed E-state index contributed by atoms with van der Waals surface area (Å²) in [6, 6.07) is 15.9. The van der Waals surface area contributed by atoms with E-state index in [2.05, 4.69) is 0 Å². The van der Waals surface area contributed by atoms with E-state index in [0.29, 0.717) is 11.1 Å². The maximum absolute atomic E-state index is 11.0. The molecule has 0 saturated heterocycles. The molecule has 0 bridgehead atoms. The number of aromatic carboxylic acids is 2. The number of benzene rings is 3. The normalized spacial score (nSPS) is 10.5. The molecule has 0 aromatic heterocycles. The molecular weight excluding hydrogens is 430 g/mol. The van der Waals surface area contributed by atoms with Crippen LogP contribution >= 0.6 is 0 Å². The summed E-state index contributed by atoms with van der Waals surface area (Å²) in [6.45, 7) is 0. The predicted octanol–water partition coefficient (Wildman–Crippen LogP) is -3.83. The second-order valence-electron chi connectivity index (χ2n) is 6.46. The number of phenols is 2. The number of carboxylic acid groups (broad SMARTS) is 2. The Kier molecular flexibility index (Phi) is 11.0. The minimum Gasteiger partial charge on any atom is -0.545 e. The first kappa shape index (κ1) is 27.7. The second-order valence-corrected chi connectivity index (χ2v) is 6.46. The first-order valence-electron chi connectivity index (χ1n) is 8.88. The van der Waals surface area contributed by atoms with Crippen molar-refractivity contribution in [1.82, 2.24) is 0 Å². The van der Waals surface area contributed by atoms with Gasteiger partial charge in [-0.25, -0.2) is 0 Å². The Balaban J connectivity index is 0.00000256. The van der Waals surface area contributed by atoms with Crippen LogP contribution in [0.15, 0.2) is 60.7 Å². The van der Waals surface area contributed by atoms with Gasteiger partial charge in [0.1, 0.15) is 11.5 Å². The Morgan fingerprint density at radius 2 is 0.844 bits per heavy atom. The van der Waals surface area contributed by atoms with E-state index in [1.165, 1.54) is 24.3 Å². The Morgan fingerprint density at radius 3 is 1.16 bits per heavy atom. The summed E-state index contributed by atoms with van der Waals surface area (Å²) >= 11 is 0. The molecule has 0 amide bonds. The van der Waals surface area contributed by atoms with Crippen molar-refractivity contribution >= 4 is 36.2 Å². The van der Waals surface area contributed by atoms with Crippen molar-refractivity contribution in [1.29, 1.82) is 0 Å². The Morgan fingerprint density at radius 1 is 0.562 bits per heavy atom. The van der Waals surface area contributed by atoms with Crippen molar-refractivity contribution in [2.45, 2.75) is 0 Å². The molecule has 0 saturated carbocycles. The number of carbonyl (C=O) groups excluding carboxylic acids is 2. The third-order valence-electron chi connectivity index (χ3n) is 4.35. The molecule has 0 aliphatic rings. The Labute approximate surface area is 229 Å². The molecule has 0 unspecified atom stereocenters. The van der Waals surface area contributed by atoms with E-state index in [4.69, 9.17) is 0 Å². The van der Waals surface area contributed by atoms with Gasteiger partial charge in [0.05, 0.1) is 11.9 Å². The Bertz CT molecular complexity index is 1080. The molecule has 0 heterocycles. The predicted molar refractivity (Wildman–Crippen MR) is 109 cm³/mol. The molecule has 3 rings (SSSR count). The van der Waals surface area contributed by atoms with Gasteiger partial charge in [0, 0.05) is 11.1 Å². The van der Waals surface area contributed by atoms with Gasteiger partial charge in [-0.15, -0.1) is 0 Å². The van der Waals surface area contributed by atoms with Gasteiger partial charge in [-0.2, -0.15) is 0 Å². The van der Waals surface area contributed by atoms with Gasteiger partial charge >= 0.3 is 59.1 Å². The molecule has 3 aromatic carbocycles. The van der Waals surface area contributed by atoms with Gasteiger partial charge in [0.15, 0.2) is 0 Å². The van der Waals surface area contributed by atoms with Gasteiger partial charge in [0.25, 0.3) is 0 Å². The number of carbonyl (C=O) groups is 2. The molecule has 8 heteroatoms. The van der Waals surface area contributed by atoms with Crippen molar-refractivity contribution in [3.63, 3.8) is 0 Å². The first-order chi connectivity index (χ1) is 14.3. The molecule has 6 nitrogen and oxygen atoms in total. The summed E-state index contributed by atoms with van der Waals surface area (Å²) in [5.74, 6) is -3.58. The van der Waals surface area contributed by atoms with Crippen LogP contribution in [-0.2, 0) is 0 Å². The van der Waals surface area contributed by atoms with Crippen molar-refractivity contribution < 1.29 is 89.1 Å². The molecule has 3 aromatic rings. The zero-order valence-corrected chi connectivity index (χ0v) is 21.6. The van der Waals surface area contributed by atoms with Crippen LogP contribution < -0.4 is 69.3 Å². The van der Waals surface area contributed by atoms with Gasteiger partial charge < -0.3 is 30.0 Å².